The molecule has 8 heteroatoms. The van der Waals surface area contributed by atoms with E-state index >= 15 is 0 Å². The summed E-state index contributed by atoms with van der Waals surface area (Å²) >= 11 is 0. The summed E-state index contributed by atoms with van der Waals surface area (Å²) in [6.07, 6.45) is 0.327. The highest BCUT2D eigenvalue weighted by molar-refractivity contribution is 5.96. The Morgan fingerprint density at radius 2 is 1.97 bits per heavy atom. The SMILES string of the molecule is CC(C)NC(=O)Nc1cccc(-c2noc([C@H]3CC(=O)N(c4ccccc4)C3)n2)c1. The molecule has 1 aliphatic rings. The first-order valence-electron chi connectivity index (χ1n) is 9.86. The van der Waals surface area contributed by atoms with Crippen molar-refractivity contribution in [1.82, 2.24) is 15.5 Å². The van der Waals surface area contributed by atoms with Crippen LogP contribution in [0.25, 0.3) is 11.4 Å². The number of benzene rings is 2. The van der Waals surface area contributed by atoms with E-state index in [1.807, 2.05) is 56.3 Å². The van der Waals surface area contributed by atoms with E-state index in [0.717, 1.165) is 11.3 Å². The minimum atomic E-state index is -0.276. The van der Waals surface area contributed by atoms with Gasteiger partial charge in [-0.1, -0.05) is 35.5 Å². The molecule has 154 valence electrons. The Morgan fingerprint density at radius 1 is 1.17 bits per heavy atom. The molecule has 8 nitrogen and oxygen atoms in total. The van der Waals surface area contributed by atoms with Gasteiger partial charge in [-0.3, -0.25) is 4.79 Å². The summed E-state index contributed by atoms with van der Waals surface area (Å²) in [5.74, 6) is 0.738. The fourth-order valence-corrected chi connectivity index (χ4v) is 3.41. The summed E-state index contributed by atoms with van der Waals surface area (Å²) in [6.45, 7) is 4.29. The summed E-state index contributed by atoms with van der Waals surface area (Å²) in [5.41, 5.74) is 2.21. The molecule has 2 N–H and O–H groups in total. The molecule has 3 aromatic rings. The van der Waals surface area contributed by atoms with E-state index in [1.165, 1.54) is 0 Å². The third kappa shape index (κ3) is 4.32. The average Bonchev–Trinajstić information content (AvgIpc) is 3.35. The third-order valence-corrected chi connectivity index (χ3v) is 4.78. The molecule has 0 saturated carbocycles. The first-order valence-corrected chi connectivity index (χ1v) is 9.86. The van der Waals surface area contributed by atoms with E-state index in [4.69, 9.17) is 4.52 Å². The van der Waals surface area contributed by atoms with Gasteiger partial charge in [-0.15, -0.1) is 0 Å². The number of para-hydroxylation sites is 1. The van der Waals surface area contributed by atoms with E-state index in [0.29, 0.717) is 30.4 Å². The first-order chi connectivity index (χ1) is 14.5. The van der Waals surface area contributed by atoms with Crippen LogP contribution in [0.3, 0.4) is 0 Å². The van der Waals surface area contributed by atoms with E-state index in [2.05, 4.69) is 20.8 Å². The Kier molecular flexibility index (Phi) is 5.47. The number of nitrogens with zero attached hydrogens (tertiary/aromatic N) is 3. The summed E-state index contributed by atoms with van der Waals surface area (Å²) in [5, 5.41) is 9.64. The number of amides is 3. The van der Waals surface area contributed by atoms with Gasteiger partial charge in [0.1, 0.15) is 0 Å². The van der Waals surface area contributed by atoms with E-state index in [-0.39, 0.29) is 23.9 Å². The van der Waals surface area contributed by atoms with Crippen molar-refractivity contribution in [2.75, 3.05) is 16.8 Å². The van der Waals surface area contributed by atoms with Crippen LogP contribution in [0.1, 0.15) is 32.1 Å². The van der Waals surface area contributed by atoms with Crippen molar-refractivity contribution >= 4 is 23.3 Å². The summed E-state index contributed by atoms with van der Waals surface area (Å²) in [6, 6.07) is 16.5. The van der Waals surface area contributed by atoms with E-state index < -0.39 is 0 Å². The van der Waals surface area contributed by atoms with Gasteiger partial charge in [0.2, 0.25) is 17.6 Å². The molecule has 0 unspecified atom stereocenters. The molecule has 0 radical (unpaired) electrons. The van der Waals surface area contributed by atoms with Crippen LogP contribution in [0.15, 0.2) is 59.1 Å². The normalized spacial score (nSPS) is 16.2. The van der Waals surface area contributed by atoms with Crippen LogP contribution in [0.5, 0.6) is 0 Å². The molecular formula is C22H23N5O3. The highest BCUT2D eigenvalue weighted by Crippen LogP contribution is 2.32. The molecule has 4 rings (SSSR count). The van der Waals surface area contributed by atoms with Gasteiger partial charge in [-0.25, -0.2) is 4.79 Å². The molecule has 1 aromatic heterocycles. The molecule has 1 atom stereocenters. The number of hydrogen-bond donors (Lipinski definition) is 2. The van der Waals surface area contributed by atoms with Gasteiger partial charge < -0.3 is 20.1 Å². The topological polar surface area (TPSA) is 100 Å². The maximum Gasteiger partial charge on any atom is 0.319 e. The zero-order valence-corrected chi connectivity index (χ0v) is 16.8. The maximum atomic E-state index is 12.4. The van der Waals surface area contributed by atoms with Crippen molar-refractivity contribution in [2.45, 2.75) is 32.2 Å². The van der Waals surface area contributed by atoms with Crippen LogP contribution >= 0.6 is 0 Å². The second kappa shape index (κ2) is 8.36. The van der Waals surface area contributed by atoms with Crippen molar-refractivity contribution in [3.8, 4) is 11.4 Å². The second-order valence-electron chi connectivity index (χ2n) is 7.53. The molecule has 1 fully saturated rings. The maximum absolute atomic E-state index is 12.4. The highest BCUT2D eigenvalue weighted by atomic mass is 16.5. The zero-order valence-electron chi connectivity index (χ0n) is 16.8. The van der Waals surface area contributed by atoms with Crippen LogP contribution in [-0.4, -0.2) is 34.7 Å². The molecule has 2 aromatic carbocycles. The molecule has 2 heterocycles. The molecule has 0 spiro atoms. The fourth-order valence-electron chi connectivity index (χ4n) is 3.41. The molecule has 30 heavy (non-hydrogen) atoms. The smallest absolute Gasteiger partial charge is 0.319 e. The lowest BCUT2D eigenvalue weighted by Gasteiger charge is -2.15. The van der Waals surface area contributed by atoms with Crippen LogP contribution < -0.4 is 15.5 Å². The van der Waals surface area contributed by atoms with Gasteiger partial charge in [0, 0.05) is 35.9 Å². The molecule has 0 bridgehead atoms. The van der Waals surface area contributed by atoms with Crippen molar-refractivity contribution in [2.24, 2.45) is 0 Å². The highest BCUT2D eigenvalue weighted by Gasteiger charge is 2.35. The number of urea groups is 1. The zero-order chi connectivity index (χ0) is 21.1. The number of nitrogens with one attached hydrogen (secondary N) is 2. The van der Waals surface area contributed by atoms with Crippen molar-refractivity contribution in [1.29, 1.82) is 0 Å². The lowest BCUT2D eigenvalue weighted by atomic mass is 10.1. The predicted octanol–water partition coefficient (Wildman–Crippen LogP) is 3.79. The van der Waals surface area contributed by atoms with Crippen molar-refractivity contribution < 1.29 is 14.1 Å². The van der Waals surface area contributed by atoms with Crippen molar-refractivity contribution in [3.05, 3.63) is 60.5 Å². The van der Waals surface area contributed by atoms with E-state index in [1.54, 1.807) is 17.0 Å². The molecule has 0 aliphatic carbocycles. The fraction of sp³-hybridized carbons (Fsp3) is 0.273. The Balaban J connectivity index is 1.48. The number of aromatic nitrogens is 2. The average molecular weight is 405 g/mol. The minimum Gasteiger partial charge on any atom is -0.339 e. The predicted molar refractivity (Wildman–Crippen MR) is 113 cm³/mol. The largest absolute Gasteiger partial charge is 0.339 e. The number of carbonyl (C=O) groups excluding carboxylic acids is 2. The van der Waals surface area contributed by atoms with Gasteiger partial charge >= 0.3 is 6.03 Å². The van der Waals surface area contributed by atoms with Crippen LogP contribution in [0.4, 0.5) is 16.2 Å². The number of carbonyl (C=O) groups is 2. The van der Waals surface area contributed by atoms with E-state index in [9.17, 15) is 9.59 Å². The first kappa shape index (κ1) is 19.6. The third-order valence-electron chi connectivity index (χ3n) is 4.78. The quantitative estimate of drug-likeness (QED) is 0.673. The summed E-state index contributed by atoms with van der Waals surface area (Å²) in [4.78, 5) is 30.6. The van der Waals surface area contributed by atoms with Gasteiger partial charge in [0.25, 0.3) is 0 Å². The Hall–Kier alpha value is -3.68. The van der Waals surface area contributed by atoms with Crippen LogP contribution in [0, 0.1) is 0 Å². The summed E-state index contributed by atoms with van der Waals surface area (Å²) < 4.78 is 5.47. The lowest BCUT2D eigenvalue weighted by Crippen LogP contribution is -2.34. The molecule has 1 saturated heterocycles. The van der Waals surface area contributed by atoms with Gasteiger partial charge in [-0.2, -0.15) is 4.98 Å². The van der Waals surface area contributed by atoms with Crippen LogP contribution in [0.2, 0.25) is 0 Å². The number of rotatable bonds is 5. The molecule has 3 amide bonds. The van der Waals surface area contributed by atoms with Crippen LogP contribution in [-0.2, 0) is 4.79 Å². The van der Waals surface area contributed by atoms with Crippen molar-refractivity contribution in [3.63, 3.8) is 0 Å². The van der Waals surface area contributed by atoms with Gasteiger partial charge in [0.15, 0.2) is 0 Å². The minimum absolute atomic E-state index is 0.0355. The second-order valence-corrected chi connectivity index (χ2v) is 7.53. The van der Waals surface area contributed by atoms with Gasteiger partial charge in [-0.05, 0) is 38.1 Å². The summed E-state index contributed by atoms with van der Waals surface area (Å²) in [7, 11) is 0. The Labute approximate surface area is 174 Å². The molecular weight excluding hydrogens is 382 g/mol. The Morgan fingerprint density at radius 3 is 2.73 bits per heavy atom. The monoisotopic (exact) mass is 405 g/mol. The van der Waals surface area contributed by atoms with Gasteiger partial charge in [0.05, 0.1) is 5.92 Å². The number of anilines is 2. The standard InChI is InChI=1S/C22H23N5O3/c1-14(2)23-22(29)24-17-8-6-7-15(11-17)20-25-21(30-26-20)16-12-19(28)27(13-16)18-9-4-3-5-10-18/h3-11,14,16H,12-13H2,1-2H3,(H2,23,24,29)/t16-/m0/s1. The lowest BCUT2D eigenvalue weighted by molar-refractivity contribution is -0.117. The molecule has 1 aliphatic heterocycles. The number of hydrogen-bond acceptors (Lipinski definition) is 5. The Bertz CT molecular complexity index is 1050.